The summed E-state index contributed by atoms with van der Waals surface area (Å²) in [5.41, 5.74) is 0.819. The lowest BCUT2D eigenvalue weighted by atomic mass is 10.2. The van der Waals surface area contributed by atoms with Crippen molar-refractivity contribution in [3.8, 4) is 22.9 Å². The third kappa shape index (κ3) is 2.22. The van der Waals surface area contributed by atoms with Crippen molar-refractivity contribution in [2.45, 2.75) is 0 Å². The van der Waals surface area contributed by atoms with Crippen LogP contribution in [0.2, 0.25) is 0 Å². The summed E-state index contributed by atoms with van der Waals surface area (Å²) in [5, 5.41) is 7.62. The molecule has 0 N–H and O–H groups in total. The molecule has 3 rings (SSSR count). The summed E-state index contributed by atoms with van der Waals surface area (Å²) in [6, 6.07) is 11.8. The molecule has 0 aliphatic rings. The fourth-order valence-corrected chi connectivity index (χ4v) is 1.68. The van der Waals surface area contributed by atoms with Gasteiger partial charge in [0.2, 0.25) is 5.89 Å². The van der Waals surface area contributed by atoms with Crippen LogP contribution in [-0.2, 0) is 0 Å². The van der Waals surface area contributed by atoms with Crippen LogP contribution >= 0.6 is 0 Å². The molecule has 0 unspecified atom stereocenters. The lowest BCUT2D eigenvalue weighted by Crippen LogP contribution is -1.82. The largest absolute Gasteiger partial charge is 0.416 e. The van der Waals surface area contributed by atoms with E-state index in [1.54, 1.807) is 18.2 Å². The maximum absolute atomic E-state index is 13.6. The van der Waals surface area contributed by atoms with Gasteiger partial charge in [0.15, 0.2) is 0 Å². The molecule has 0 bridgehead atoms. The second kappa shape index (κ2) is 4.61. The summed E-state index contributed by atoms with van der Waals surface area (Å²) in [6.45, 7) is 0. The second-order valence-corrected chi connectivity index (χ2v) is 3.90. The minimum absolute atomic E-state index is 0.0948. The van der Waals surface area contributed by atoms with Crippen LogP contribution in [0, 0.1) is 11.6 Å². The number of hydrogen-bond donors (Lipinski definition) is 0. The van der Waals surface area contributed by atoms with Crippen molar-refractivity contribution in [3.05, 3.63) is 60.2 Å². The van der Waals surface area contributed by atoms with Gasteiger partial charge in [-0.15, -0.1) is 10.2 Å². The Labute approximate surface area is 107 Å². The van der Waals surface area contributed by atoms with Crippen LogP contribution in [0.15, 0.2) is 52.9 Å². The first-order valence-corrected chi connectivity index (χ1v) is 5.58. The highest BCUT2D eigenvalue weighted by Crippen LogP contribution is 2.25. The number of rotatable bonds is 2. The van der Waals surface area contributed by atoms with E-state index in [1.165, 1.54) is 30.3 Å². The van der Waals surface area contributed by atoms with Crippen molar-refractivity contribution in [1.82, 2.24) is 10.2 Å². The quantitative estimate of drug-likeness (QED) is 0.703. The first kappa shape index (κ1) is 11.5. The van der Waals surface area contributed by atoms with Gasteiger partial charge in [0.1, 0.15) is 11.6 Å². The topological polar surface area (TPSA) is 38.9 Å². The van der Waals surface area contributed by atoms with Gasteiger partial charge in [0, 0.05) is 5.56 Å². The van der Waals surface area contributed by atoms with Gasteiger partial charge in [-0.3, -0.25) is 0 Å². The van der Waals surface area contributed by atoms with Gasteiger partial charge in [-0.25, -0.2) is 8.78 Å². The second-order valence-electron chi connectivity index (χ2n) is 3.90. The molecule has 1 heterocycles. The van der Waals surface area contributed by atoms with Crippen LogP contribution in [0.3, 0.4) is 0 Å². The zero-order valence-electron chi connectivity index (χ0n) is 9.68. The number of halogens is 2. The van der Waals surface area contributed by atoms with E-state index in [9.17, 15) is 8.78 Å². The van der Waals surface area contributed by atoms with Gasteiger partial charge in [0.25, 0.3) is 5.89 Å². The SMILES string of the molecule is Fc1ccc(-c2nnc(-c3ccccc3F)o2)cc1. The van der Waals surface area contributed by atoms with E-state index in [-0.39, 0.29) is 23.2 Å². The average Bonchev–Trinajstić information content (AvgIpc) is 2.89. The summed E-state index contributed by atoms with van der Waals surface area (Å²) in [4.78, 5) is 0. The third-order valence-electron chi connectivity index (χ3n) is 2.62. The Hall–Kier alpha value is -2.56. The van der Waals surface area contributed by atoms with E-state index >= 15 is 0 Å². The van der Waals surface area contributed by atoms with Crippen molar-refractivity contribution < 1.29 is 13.2 Å². The Bertz CT molecular complexity index is 707. The van der Waals surface area contributed by atoms with E-state index in [2.05, 4.69) is 10.2 Å². The summed E-state index contributed by atoms with van der Waals surface area (Å²) in [7, 11) is 0. The Kier molecular flexibility index (Phi) is 2.79. The molecule has 94 valence electrons. The molecule has 3 aromatic rings. The third-order valence-corrected chi connectivity index (χ3v) is 2.62. The zero-order valence-corrected chi connectivity index (χ0v) is 9.68. The predicted octanol–water partition coefficient (Wildman–Crippen LogP) is 3.68. The summed E-state index contributed by atoms with van der Waals surface area (Å²) >= 11 is 0. The summed E-state index contributed by atoms with van der Waals surface area (Å²) in [6.07, 6.45) is 0. The van der Waals surface area contributed by atoms with Gasteiger partial charge in [-0.1, -0.05) is 12.1 Å². The first-order valence-electron chi connectivity index (χ1n) is 5.58. The van der Waals surface area contributed by atoms with Gasteiger partial charge in [-0.05, 0) is 36.4 Å². The van der Waals surface area contributed by atoms with Crippen molar-refractivity contribution in [2.24, 2.45) is 0 Å². The maximum atomic E-state index is 13.6. The molecule has 0 radical (unpaired) electrons. The van der Waals surface area contributed by atoms with E-state index in [4.69, 9.17) is 4.42 Å². The van der Waals surface area contributed by atoms with Gasteiger partial charge in [0.05, 0.1) is 5.56 Å². The molecule has 5 heteroatoms. The maximum Gasteiger partial charge on any atom is 0.251 e. The van der Waals surface area contributed by atoms with Crippen LogP contribution in [0.5, 0.6) is 0 Å². The molecule has 0 saturated carbocycles. The molecule has 0 aliphatic heterocycles. The first-order chi connectivity index (χ1) is 9.24. The van der Waals surface area contributed by atoms with Crippen molar-refractivity contribution in [1.29, 1.82) is 0 Å². The molecule has 0 fully saturated rings. The van der Waals surface area contributed by atoms with Crippen LogP contribution in [0.25, 0.3) is 22.9 Å². The van der Waals surface area contributed by atoms with Gasteiger partial charge >= 0.3 is 0 Å². The Morgan fingerprint density at radius 1 is 0.789 bits per heavy atom. The van der Waals surface area contributed by atoms with Crippen molar-refractivity contribution in [3.63, 3.8) is 0 Å². The smallest absolute Gasteiger partial charge is 0.251 e. The Morgan fingerprint density at radius 3 is 2.21 bits per heavy atom. The number of benzene rings is 2. The van der Waals surface area contributed by atoms with E-state index in [0.29, 0.717) is 5.56 Å². The highest BCUT2D eigenvalue weighted by molar-refractivity contribution is 5.58. The average molecular weight is 258 g/mol. The molecule has 2 aromatic carbocycles. The minimum atomic E-state index is -0.434. The highest BCUT2D eigenvalue weighted by atomic mass is 19.1. The van der Waals surface area contributed by atoms with E-state index in [0.717, 1.165) is 0 Å². The molecule has 3 nitrogen and oxygen atoms in total. The van der Waals surface area contributed by atoms with E-state index in [1.807, 2.05) is 0 Å². The molecule has 1 aromatic heterocycles. The molecule has 0 spiro atoms. The van der Waals surface area contributed by atoms with Crippen LogP contribution in [0.1, 0.15) is 0 Å². The lowest BCUT2D eigenvalue weighted by Gasteiger charge is -1.96. The lowest BCUT2D eigenvalue weighted by molar-refractivity contribution is 0.570. The number of aromatic nitrogens is 2. The molecular formula is C14H8F2N2O. The molecule has 0 amide bonds. The molecule has 0 aliphatic carbocycles. The standard InChI is InChI=1S/C14H8F2N2O/c15-10-7-5-9(6-8-10)13-17-18-14(19-13)11-3-1-2-4-12(11)16/h1-8H. The van der Waals surface area contributed by atoms with Gasteiger partial charge < -0.3 is 4.42 Å². The van der Waals surface area contributed by atoms with Crippen LogP contribution < -0.4 is 0 Å². The highest BCUT2D eigenvalue weighted by Gasteiger charge is 2.13. The fraction of sp³-hybridized carbons (Fsp3) is 0. The minimum Gasteiger partial charge on any atom is -0.416 e. The molecule has 0 atom stereocenters. The van der Waals surface area contributed by atoms with Crippen LogP contribution in [-0.4, -0.2) is 10.2 Å². The predicted molar refractivity (Wildman–Crippen MR) is 65.1 cm³/mol. The Balaban J connectivity index is 2.00. The molecular weight excluding hydrogens is 250 g/mol. The monoisotopic (exact) mass is 258 g/mol. The number of hydrogen-bond acceptors (Lipinski definition) is 3. The molecule has 19 heavy (non-hydrogen) atoms. The van der Waals surface area contributed by atoms with E-state index < -0.39 is 5.82 Å². The Morgan fingerprint density at radius 2 is 1.47 bits per heavy atom. The summed E-state index contributed by atoms with van der Waals surface area (Å²) < 4.78 is 31.8. The number of nitrogens with zero attached hydrogens (tertiary/aromatic N) is 2. The normalized spacial score (nSPS) is 10.6. The zero-order chi connectivity index (χ0) is 13.2. The van der Waals surface area contributed by atoms with Crippen LogP contribution in [0.4, 0.5) is 8.78 Å². The molecule has 0 saturated heterocycles. The summed E-state index contributed by atoms with van der Waals surface area (Å²) in [5.74, 6) is -0.468. The van der Waals surface area contributed by atoms with Crippen molar-refractivity contribution >= 4 is 0 Å². The van der Waals surface area contributed by atoms with Crippen molar-refractivity contribution in [2.75, 3.05) is 0 Å². The van der Waals surface area contributed by atoms with Gasteiger partial charge in [-0.2, -0.15) is 0 Å². The fourth-order valence-electron chi connectivity index (χ4n) is 1.68.